The molecular weight excluding hydrogens is 460 g/mol. The Balaban J connectivity index is 1.38. The van der Waals surface area contributed by atoms with Crippen LogP contribution in [0, 0.1) is 10.1 Å². The summed E-state index contributed by atoms with van der Waals surface area (Å²) in [4.78, 5) is 23.4. The molecule has 1 N–H and O–H groups in total. The SMILES string of the molecule is CC1(C)NC(CCc2ccc(OCc3ccccc3)cc2)(COC(=O)c2ccccc2[N+](=O)[O-])CO1. The number of nitro groups is 1. The van der Waals surface area contributed by atoms with Gasteiger partial charge in [0.15, 0.2) is 0 Å². The fraction of sp³-hybridized carbons (Fsp3) is 0.321. The van der Waals surface area contributed by atoms with Crippen molar-refractivity contribution in [3.8, 4) is 5.75 Å². The van der Waals surface area contributed by atoms with Gasteiger partial charge >= 0.3 is 5.97 Å². The number of carbonyl (C=O) groups is 1. The number of carbonyl (C=O) groups excluding carboxylic acids is 1. The third-order valence-corrected chi connectivity index (χ3v) is 6.14. The molecule has 3 aromatic rings. The van der Waals surface area contributed by atoms with Gasteiger partial charge in [-0.1, -0.05) is 54.6 Å². The minimum absolute atomic E-state index is 0.0274. The molecule has 8 heteroatoms. The molecule has 1 atom stereocenters. The average Bonchev–Trinajstić information content (AvgIpc) is 3.20. The van der Waals surface area contributed by atoms with Crippen LogP contribution in [0.15, 0.2) is 78.9 Å². The number of nitro benzene ring substituents is 1. The van der Waals surface area contributed by atoms with Crippen molar-refractivity contribution in [2.45, 2.75) is 44.6 Å². The lowest BCUT2D eigenvalue weighted by molar-refractivity contribution is -0.385. The van der Waals surface area contributed by atoms with E-state index in [1.165, 1.54) is 18.2 Å². The van der Waals surface area contributed by atoms with Crippen molar-refractivity contribution >= 4 is 11.7 Å². The molecule has 1 heterocycles. The van der Waals surface area contributed by atoms with E-state index in [4.69, 9.17) is 14.2 Å². The maximum Gasteiger partial charge on any atom is 0.345 e. The smallest absolute Gasteiger partial charge is 0.345 e. The van der Waals surface area contributed by atoms with Crippen molar-refractivity contribution in [1.82, 2.24) is 5.32 Å². The Bertz CT molecular complexity index is 1200. The third kappa shape index (κ3) is 6.47. The van der Waals surface area contributed by atoms with Crippen LogP contribution in [-0.2, 0) is 22.5 Å². The number of benzene rings is 3. The highest BCUT2D eigenvalue weighted by Gasteiger charge is 2.44. The number of nitrogens with zero attached hydrogens (tertiary/aromatic N) is 1. The Kier molecular flexibility index (Phi) is 7.67. The molecule has 1 aliphatic heterocycles. The summed E-state index contributed by atoms with van der Waals surface area (Å²) in [5.74, 6) is 0.0623. The van der Waals surface area contributed by atoms with E-state index >= 15 is 0 Å². The van der Waals surface area contributed by atoms with Gasteiger partial charge in [-0.25, -0.2) is 4.79 Å². The van der Waals surface area contributed by atoms with Gasteiger partial charge in [-0.15, -0.1) is 0 Å². The molecule has 36 heavy (non-hydrogen) atoms. The van der Waals surface area contributed by atoms with Crippen LogP contribution >= 0.6 is 0 Å². The van der Waals surface area contributed by atoms with Crippen LogP contribution in [0.5, 0.6) is 5.75 Å². The maximum atomic E-state index is 12.7. The number of nitrogens with one attached hydrogen (secondary N) is 1. The first-order chi connectivity index (χ1) is 17.3. The van der Waals surface area contributed by atoms with E-state index in [1.54, 1.807) is 6.07 Å². The summed E-state index contributed by atoms with van der Waals surface area (Å²) in [6, 6.07) is 23.7. The summed E-state index contributed by atoms with van der Waals surface area (Å²) in [5.41, 5.74) is 0.668. The number of rotatable bonds is 10. The molecule has 8 nitrogen and oxygen atoms in total. The monoisotopic (exact) mass is 490 g/mol. The van der Waals surface area contributed by atoms with Crippen molar-refractivity contribution in [2.75, 3.05) is 13.2 Å². The normalized spacial score (nSPS) is 18.5. The first-order valence-corrected chi connectivity index (χ1v) is 11.8. The lowest BCUT2D eigenvalue weighted by Gasteiger charge is -2.30. The highest BCUT2D eigenvalue weighted by atomic mass is 16.6. The largest absolute Gasteiger partial charge is 0.489 e. The second-order valence-electron chi connectivity index (χ2n) is 9.47. The van der Waals surface area contributed by atoms with Gasteiger partial charge in [0.05, 0.1) is 17.1 Å². The fourth-order valence-electron chi connectivity index (χ4n) is 4.28. The van der Waals surface area contributed by atoms with Gasteiger partial charge in [-0.05, 0) is 56.0 Å². The molecule has 0 aliphatic carbocycles. The van der Waals surface area contributed by atoms with Crippen molar-refractivity contribution in [2.24, 2.45) is 0 Å². The van der Waals surface area contributed by atoms with Crippen molar-refractivity contribution in [3.63, 3.8) is 0 Å². The van der Waals surface area contributed by atoms with Crippen LogP contribution in [0.1, 0.15) is 41.8 Å². The lowest BCUT2D eigenvalue weighted by Crippen LogP contribution is -2.52. The highest BCUT2D eigenvalue weighted by molar-refractivity contribution is 5.93. The number of hydrogen-bond acceptors (Lipinski definition) is 7. The molecular formula is C28H30N2O6. The number of esters is 1. The van der Waals surface area contributed by atoms with Crippen LogP contribution in [0.2, 0.25) is 0 Å². The van der Waals surface area contributed by atoms with E-state index in [9.17, 15) is 14.9 Å². The summed E-state index contributed by atoms with van der Waals surface area (Å²) in [6.45, 7) is 4.71. The van der Waals surface area contributed by atoms with Crippen molar-refractivity contribution in [1.29, 1.82) is 0 Å². The van der Waals surface area contributed by atoms with Crippen molar-refractivity contribution < 1.29 is 23.9 Å². The molecule has 1 aliphatic rings. The van der Waals surface area contributed by atoms with Gasteiger partial charge in [-0.2, -0.15) is 0 Å². The second-order valence-corrected chi connectivity index (χ2v) is 9.47. The van der Waals surface area contributed by atoms with E-state index in [0.717, 1.165) is 16.9 Å². The highest BCUT2D eigenvalue weighted by Crippen LogP contribution is 2.29. The average molecular weight is 491 g/mol. The molecule has 188 valence electrons. The summed E-state index contributed by atoms with van der Waals surface area (Å²) < 4.78 is 17.4. The van der Waals surface area contributed by atoms with E-state index < -0.39 is 22.2 Å². The number of ether oxygens (including phenoxy) is 3. The summed E-state index contributed by atoms with van der Waals surface area (Å²) in [7, 11) is 0. The quantitative estimate of drug-likeness (QED) is 0.241. The van der Waals surface area contributed by atoms with Crippen LogP contribution in [0.3, 0.4) is 0 Å². The van der Waals surface area contributed by atoms with Gasteiger partial charge in [0.2, 0.25) is 0 Å². The van der Waals surface area contributed by atoms with Crippen LogP contribution < -0.4 is 10.1 Å². The molecule has 1 unspecified atom stereocenters. The van der Waals surface area contributed by atoms with Crippen LogP contribution in [0.25, 0.3) is 0 Å². The molecule has 1 saturated heterocycles. The Hall–Kier alpha value is -3.75. The molecule has 3 aromatic carbocycles. The Labute approximate surface area is 210 Å². The molecule has 0 radical (unpaired) electrons. The standard InChI is InChI=1S/C28H30N2O6/c1-27(2)29-28(20-36-27,19-35-26(31)24-10-6-7-11-25(24)30(32)33)17-16-21-12-14-23(15-13-21)34-18-22-8-4-3-5-9-22/h3-15,29H,16-20H2,1-2H3. The molecule has 4 rings (SSSR count). The van der Waals surface area contributed by atoms with Gasteiger partial charge in [0, 0.05) is 6.07 Å². The Morgan fingerprint density at radius 3 is 2.36 bits per heavy atom. The van der Waals surface area contributed by atoms with E-state index in [0.29, 0.717) is 26.1 Å². The molecule has 0 saturated carbocycles. The molecule has 0 bridgehead atoms. The predicted octanol–water partition coefficient (Wildman–Crippen LogP) is 5.06. The minimum atomic E-state index is -0.729. The van der Waals surface area contributed by atoms with Gasteiger partial charge in [0.1, 0.15) is 30.3 Å². The zero-order chi connectivity index (χ0) is 25.6. The van der Waals surface area contributed by atoms with Gasteiger partial charge in [0.25, 0.3) is 5.69 Å². The molecule has 0 amide bonds. The van der Waals surface area contributed by atoms with E-state index in [2.05, 4.69) is 5.32 Å². The summed E-state index contributed by atoms with van der Waals surface area (Å²) in [6.07, 6.45) is 1.36. The van der Waals surface area contributed by atoms with E-state index in [-0.39, 0.29) is 17.9 Å². The van der Waals surface area contributed by atoms with Crippen LogP contribution in [0.4, 0.5) is 5.69 Å². The number of hydrogen-bond donors (Lipinski definition) is 1. The molecule has 1 fully saturated rings. The number of aryl methyl sites for hydroxylation is 1. The van der Waals surface area contributed by atoms with Crippen LogP contribution in [-0.4, -0.2) is 35.4 Å². The summed E-state index contributed by atoms with van der Waals surface area (Å²) in [5, 5.41) is 14.7. The van der Waals surface area contributed by atoms with Gasteiger partial charge in [-0.3, -0.25) is 15.4 Å². The summed E-state index contributed by atoms with van der Waals surface area (Å²) >= 11 is 0. The zero-order valence-corrected chi connectivity index (χ0v) is 20.4. The molecule has 0 aromatic heterocycles. The predicted molar refractivity (Wildman–Crippen MR) is 135 cm³/mol. The first kappa shape index (κ1) is 25.3. The van der Waals surface area contributed by atoms with Crippen molar-refractivity contribution in [3.05, 3.63) is 106 Å². The van der Waals surface area contributed by atoms with E-state index in [1.807, 2.05) is 68.4 Å². The Morgan fingerprint density at radius 1 is 1.00 bits per heavy atom. The first-order valence-electron chi connectivity index (χ1n) is 11.8. The second kappa shape index (κ2) is 10.9. The Morgan fingerprint density at radius 2 is 1.69 bits per heavy atom. The lowest BCUT2D eigenvalue weighted by atomic mass is 9.92. The third-order valence-electron chi connectivity index (χ3n) is 6.14. The minimum Gasteiger partial charge on any atom is -0.489 e. The zero-order valence-electron chi connectivity index (χ0n) is 20.4. The maximum absolute atomic E-state index is 12.7. The number of para-hydroxylation sites is 1. The van der Waals surface area contributed by atoms with Gasteiger partial charge < -0.3 is 14.2 Å². The fourth-order valence-corrected chi connectivity index (χ4v) is 4.28. The topological polar surface area (TPSA) is 99.9 Å². The molecule has 0 spiro atoms.